The van der Waals surface area contributed by atoms with Crippen molar-refractivity contribution in [2.75, 3.05) is 13.1 Å². The molecule has 0 unspecified atom stereocenters. The second-order valence-electron chi connectivity index (χ2n) is 5.99. The standard InChI is InChI=1S/C15H16ClN5O2S2/c1-10-17-18-15-21(10)19-14(24-15)11-6-8-20(9-7-11)25(22,23)13-5-3-2-4-12(13)16/h2-5,11H,6-9H2,1H3. The van der Waals surface area contributed by atoms with E-state index in [0.717, 1.165) is 28.6 Å². The highest BCUT2D eigenvalue weighted by atomic mass is 35.5. The lowest BCUT2D eigenvalue weighted by atomic mass is 9.99. The fourth-order valence-corrected chi connectivity index (χ4v) is 6.05. The van der Waals surface area contributed by atoms with Gasteiger partial charge in [0, 0.05) is 19.0 Å². The van der Waals surface area contributed by atoms with Gasteiger partial charge in [-0.15, -0.1) is 10.2 Å². The van der Waals surface area contributed by atoms with E-state index in [9.17, 15) is 8.42 Å². The first-order chi connectivity index (χ1) is 12.0. The highest BCUT2D eigenvalue weighted by Crippen LogP contribution is 2.34. The first-order valence-corrected chi connectivity index (χ1v) is 10.5. The molecule has 1 aliphatic heterocycles. The molecule has 1 aromatic carbocycles. The lowest BCUT2D eigenvalue weighted by Crippen LogP contribution is -2.38. The number of sulfonamides is 1. The van der Waals surface area contributed by atoms with Crippen molar-refractivity contribution in [2.45, 2.75) is 30.6 Å². The van der Waals surface area contributed by atoms with Crippen LogP contribution in [0.2, 0.25) is 5.02 Å². The summed E-state index contributed by atoms with van der Waals surface area (Å²) < 4.78 is 28.9. The molecule has 0 bridgehead atoms. The van der Waals surface area contributed by atoms with E-state index < -0.39 is 10.0 Å². The van der Waals surface area contributed by atoms with Crippen molar-refractivity contribution in [3.8, 4) is 0 Å². The number of piperidine rings is 1. The van der Waals surface area contributed by atoms with Crippen LogP contribution in [0.15, 0.2) is 29.2 Å². The number of halogens is 1. The topological polar surface area (TPSA) is 80.5 Å². The summed E-state index contributed by atoms with van der Waals surface area (Å²) in [6, 6.07) is 6.56. The fraction of sp³-hybridized carbons (Fsp3) is 0.400. The molecule has 132 valence electrons. The summed E-state index contributed by atoms with van der Waals surface area (Å²) in [6.07, 6.45) is 1.46. The Bertz CT molecular complexity index is 1020. The first kappa shape index (κ1) is 16.9. The highest BCUT2D eigenvalue weighted by molar-refractivity contribution is 7.89. The minimum absolute atomic E-state index is 0.171. The molecule has 25 heavy (non-hydrogen) atoms. The summed E-state index contributed by atoms with van der Waals surface area (Å²) in [5.74, 6) is 1.00. The number of rotatable bonds is 3. The van der Waals surface area contributed by atoms with Gasteiger partial charge in [-0.1, -0.05) is 35.1 Å². The largest absolute Gasteiger partial charge is 0.244 e. The van der Waals surface area contributed by atoms with Crippen LogP contribution < -0.4 is 0 Å². The third-order valence-electron chi connectivity index (χ3n) is 4.42. The van der Waals surface area contributed by atoms with Gasteiger partial charge in [-0.2, -0.15) is 13.9 Å². The minimum Gasteiger partial charge on any atom is -0.207 e. The maximum atomic E-state index is 12.8. The summed E-state index contributed by atoms with van der Waals surface area (Å²) in [4.78, 5) is 0.947. The molecular formula is C15H16ClN5O2S2. The summed E-state index contributed by atoms with van der Waals surface area (Å²) >= 11 is 7.59. The number of nitrogens with zero attached hydrogens (tertiary/aromatic N) is 5. The van der Waals surface area contributed by atoms with Crippen LogP contribution in [0.5, 0.6) is 0 Å². The van der Waals surface area contributed by atoms with E-state index in [-0.39, 0.29) is 15.8 Å². The van der Waals surface area contributed by atoms with Crippen LogP contribution in [0.3, 0.4) is 0 Å². The zero-order valence-electron chi connectivity index (χ0n) is 13.5. The lowest BCUT2D eigenvalue weighted by Gasteiger charge is -2.30. The van der Waals surface area contributed by atoms with Crippen LogP contribution in [0.4, 0.5) is 0 Å². The van der Waals surface area contributed by atoms with E-state index in [0.29, 0.717) is 13.1 Å². The SMILES string of the molecule is Cc1nnc2sc(C3CCN(S(=O)(=O)c4ccccc4Cl)CC3)nn12. The third-order valence-corrected chi connectivity index (χ3v) is 7.88. The number of aromatic nitrogens is 4. The van der Waals surface area contributed by atoms with Crippen LogP contribution in [-0.4, -0.2) is 45.6 Å². The second-order valence-corrected chi connectivity index (χ2v) is 9.29. The van der Waals surface area contributed by atoms with Gasteiger partial charge in [0.05, 0.1) is 5.02 Å². The zero-order chi connectivity index (χ0) is 17.6. The van der Waals surface area contributed by atoms with Gasteiger partial charge in [0.1, 0.15) is 9.90 Å². The van der Waals surface area contributed by atoms with Gasteiger partial charge in [0.25, 0.3) is 0 Å². The molecule has 3 heterocycles. The van der Waals surface area contributed by atoms with Crippen molar-refractivity contribution >= 4 is 37.9 Å². The normalized spacial score (nSPS) is 17.4. The van der Waals surface area contributed by atoms with E-state index in [1.807, 2.05) is 6.92 Å². The van der Waals surface area contributed by atoms with Gasteiger partial charge in [0.15, 0.2) is 5.82 Å². The smallest absolute Gasteiger partial charge is 0.207 e. The predicted octanol–water partition coefficient (Wildman–Crippen LogP) is 2.72. The summed E-state index contributed by atoms with van der Waals surface area (Å²) in [6.45, 7) is 2.77. The van der Waals surface area contributed by atoms with Crippen molar-refractivity contribution < 1.29 is 8.42 Å². The second kappa shape index (κ2) is 6.31. The van der Waals surface area contributed by atoms with Gasteiger partial charge < -0.3 is 0 Å². The van der Waals surface area contributed by atoms with Crippen LogP contribution >= 0.6 is 22.9 Å². The maximum Gasteiger partial charge on any atom is 0.244 e. The number of benzene rings is 1. The molecule has 1 fully saturated rings. The van der Waals surface area contributed by atoms with Crippen molar-refractivity contribution in [3.05, 3.63) is 40.1 Å². The molecular weight excluding hydrogens is 382 g/mol. The Balaban J connectivity index is 1.52. The molecule has 0 atom stereocenters. The molecule has 4 rings (SSSR count). The van der Waals surface area contributed by atoms with Gasteiger partial charge in [0.2, 0.25) is 15.0 Å². The molecule has 0 saturated carbocycles. The molecule has 3 aromatic rings. The van der Waals surface area contributed by atoms with Gasteiger partial charge >= 0.3 is 0 Å². The monoisotopic (exact) mass is 397 g/mol. The minimum atomic E-state index is -3.56. The molecule has 1 saturated heterocycles. The van der Waals surface area contributed by atoms with Crippen molar-refractivity contribution in [3.63, 3.8) is 0 Å². The fourth-order valence-electron chi connectivity index (χ4n) is 3.03. The average Bonchev–Trinajstić information content (AvgIpc) is 3.18. The molecule has 7 nitrogen and oxygen atoms in total. The van der Waals surface area contributed by atoms with Gasteiger partial charge in [-0.05, 0) is 31.9 Å². The quantitative estimate of drug-likeness (QED) is 0.678. The Morgan fingerprint density at radius 1 is 1.20 bits per heavy atom. The van der Waals surface area contributed by atoms with Gasteiger partial charge in [-0.25, -0.2) is 8.42 Å². The van der Waals surface area contributed by atoms with E-state index >= 15 is 0 Å². The number of hydrogen-bond acceptors (Lipinski definition) is 6. The molecule has 0 amide bonds. The van der Waals surface area contributed by atoms with Gasteiger partial charge in [-0.3, -0.25) is 0 Å². The summed E-state index contributed by atoms with van der Waals surface area (Å²) in [5, 5.41) is 13.9. The Morgan fingerprint density at radius 2 is 1.92 bits per heavy atom. The van der Waals surface area contributed by atoms with E-state index in [4.69, 9.17) is 11.6 Å². The van der Waals surface area contributed by atoms with Crippen LogP contribution in [0.25, 0.3) is 4.96 Å². The lowest BCUT2D eigenvalue weighted by molar-refractivity contribution is 0.318. The van der Waals surface area contributed by atoms with Crippen LogP contribution in [-0.2, 0) is 10.0 Å². The van der Waals surface area contributed by atoms with E-state index in [1.54, 1.807) is 28.8 Å². The molecule has 10 heteroatoms. The first-order valence-electron chi connectivity index (χ1n) is 7.90. The Morgan fingerprint density at radius 3 is 2.60 bits per heavy atom. The molecule has 2 aromatic heterocycles. The average molecular weight is 398 g/mol. The third kappa shape index (κ3) is 2.95. The molecule has 0 radical (unpaired) electrons. The summed E-state index contributed by atoms with van der Waals surface area (Å²) in [5.41, 5.74) is 0. The van der Waals surface area contributed by atoms with Crippen molar-refractivity contribution in [2.24, 2.45) is 0 Å². The molecule has 0 spiro atoms. The molecule has 1 aliphatic rings. The highest BCUT2D eigenvalue weighted by Gasteiger charge is 2.32. The maximum absolute atomic E-state index is 12.8. The van der Waals surface area contributed by atoms with Crippen molar-refractivity contribution in [1.82, 2.24) is 24.1 Å². The van der Waals surface area contributed by atoms with E-state index in [2.05, 4.69) is 15.3 Å². The zero-order valence-corrected chi connectivity index (χ0v) is 15.9. The molecule has 0 aliphatic carbocycles. The van der Waals surface area contributed by atoms with E-state index in [1.165, 1.54) is 15.6 Å². The predicted molar refractivity (Wildman–Crippen MR) is 95.6 cm³/mol. The van der Waals surface area contributed by atoms with Crippen molar-refractivity contribution in [1.29, 1.82) is 0 Å². The number of aryl methyl sites for hydroxylation is 1. The Hall–Kier alpha value is -1.55. The Kier molecular flexibility index (Phi) is 4.27. The number of hydrogen-bond donors (Lipinski definition) is 0. The van der Waals surface area contributed by atoms with Crippen LogP contribution in [0.1, 0.15) is 29.6 Å². The number of fused-ring (bicyclic) bond motifs is 1. The summed E-state index contributed by atoms with van der Waals surface area (Å²) in [7, 11) is -3.56. The Labute approximate surface area is 154 Å². The van der Waals surface area contributed by atoms with Crippen LogP contribution in [0, 0.1) is 6.92 Å². The molecule has 0 N–H and O–H groups in total.